The van der Waals surface area contributed by atoms with Gasteiger partial charge >= 0.3 is 6.03 Å². The van der Waals surface area contributed by atoms with E-state index in [1.165, 1.54) is 4.90 Å². The highest BCUT2D eigenvalue weighted by molar-refractivity contribution is 6.18. The number of nitrogens with zero attached hydrogens (tertiary/aromatic N) is 1. The molecule has 0 bridgehead atoms. The van der Waals surface area contributed by atoms with Crippen molar-refractivity contribution in [2.75, 3.05) is 32.2 Å². The number of hydrogen-bond acceptors (Lipinski definition) is 11. The van der Waals surface area contributed by atoms with Gasteiger partial charge in [0.15, 0.2) is 12.5 Å². The molecule has 1 saturated carbocycles. The summed E-state index contributed by atoms with van der Waals surface area (Å²) in [5.74, 6) is 0.600. The third-order valence-corrected chi connectivity index (χ3v) is 7.36. The topological polar surface area (TPSA) is 202 Å². The van der Waals surface area contributed by atoms with Crippen LogP contribution in [0.4, 0.5) is 4.79 Å². The van der Waals surface area contributed by atoms with Crippen LogP contribution < -0.4 is 5.32 Å². The average molecular weight is 543 g/mol. The van der Waals surface area contributed by atoms with Crippen LogP contribution in [0, 0.1) is 5.92 Å². The van der Waals surface area contributed by atoms with Crippen LogP contribution in [0.3, 0.4) is 0 Å². The molecule has 8 N–H and O–H groups in total. The summed E-state index contributed by atoms with van der Waals surface area (Å²) in [7, 11) is 0. The molecule has 13 nitrogen and oxygen atoms in total. The van der Waals surface area contributed by atoms with E-state index in [1.807, 2.05) is 0 Å². The molecule has 0 radical (unpaired) electrons. The first-order valence-electron chi connectivity index (χ1n) is 12.4. The quantitative estimate of drug-likeness (QED) is 0.135. The number of carbonyl (C=O) groups excluding carboxylic acids is 1. The third kappa shape index (κ3) is 6.77. The van der Waals surface area contributed by atoms with E-state index in [2.05, 4.69) is 5.32 Å². The number of carbonyl (C=O) groups is 1. The van der Waals surface area contributed by atoms with Gasteiger partial charge in [-0.1, -0.05) is 25.7 Å². The van der Waals surface area contributed by atoms with Crippen molar-refractivity contribution >= 4 is 17.6 Å². The van der Waals surface area contributed by atoms with Crippen molar-refractivity contribution in [1.29, 1.82) is 0 Å². The van der Waals surface area contributed by atoms with Crippen molar-refractivity contribution in [3.05, 3.63) is 0 Å². The van der Waals surface area contributed by atoms with Crippen molar-refractivity contribution in [3.63, 3.8) is 0 Å². The van der Waals surface area contributed by atoms with Crippen LogP contribution in [-0.2, 0) is 14.2 Å². The predicted molar refractivity (Wildman–Crippen MR) is 124 cm³/mol. The van der Waals surface area contributed by atoms with E-state index in [0.29, 0.717) is 12.3 Å². The number of aliphatic hydroxyl groups is 7. The fourth-order valence-corrected chi connectivity index (χ4v) is 5.14. The van der Waals surface area contributed by atoms with Gasteiger partial charge in [-0.05, 0) is 12.3 Å². The third-order valence-electron chi connectivity index (χ3n) is 7.17. The van der Waals surface area contributed by atoms with Gasteiger partial charge in [-0.2, -0.15) is 0 Å². The largest absolute Gasteiger partial charge is 0.394 e. The lowest BCUT2D eigenvalue weighted by atomic mass is 9.95. The molecular formula is C22H39ClN2O11. The van der Waals surface area contributed by atoms with Crippen LogP contribution in [0.5, 0.6) is 0 Å². The molecule has 2 heterocycles. The maximum atomic E-state index is 12.9. The summed E-state index contributed by atoms with van der Waals surface area (Å²) in [4.78, 5) is 14.2. The first-order valence-corrected chi connectivity index (χ1v) is 13.0. The van der Waals surface area contributed by atoms with Crippen LogP contribution in [0.2, 0.25) is 0 Å². The number of hydrogen-bond donors (Lipinski definition) is 8. The zero-order valence-electron chi connectivity index (χ0n) is 20.0. The van der Waals surface area contributed by atoms with E-state index in [0.717, 1.165) is 25.7 Å². The van der Waals surface area contributed by atoms with E-state index in [9.17, 15) is 40.5 Å². The van der Waals surface area contributed by atoms with Gasteiger partial charge in [-0.15, -0.1) is 11.6 Å². The first kappa shape index (κ1) is 29.7. The molecule has 0 aromatic carbocycles. The second-order valence-electron chi connectivity index (χ2n) is 9.58. The highest BCUT2D eigenvalue weighted by atomic mass is 35.5. The second kappa shape index (κ2) is 13.8. The van der Waals surface area contributed by atoms with Crippen LogP contribution in [0.1, 0.15) is 32.1 Å². The predicted octanol–water partition coefficient (Wildman–Crippen LogP) is -2.56. The number of rotatable bonds is 10. The summed E-state index contributed by atoms with van der Waals surface area (Å²) in [5, 5.41) is 74.1. The molecule has 2 amide bonds. The molecule has 3 rings (SSSR count). The van der Waals surface area contributed by atoms with Gasteiger partial charge in [0.25, 0.3) is 0 Å². The molecule has 210 valence electrons. The zero-order chi connectivity index (χ0) is 26.4. The Kier molecular flexibility index (Phi) is 11.4. The van der Waals surface area contributed by atoms with Crippen LogP contribution in [0.25, 0.3) is 0 Å². The summed E-state index contributed by atoms with van der Waals surface area (Å²) >= 11 is 5.69. The Bertz CT molecular complexity index is 684. The first-order chi connectivity index (χ1) is 17.2. The minimum Gasteiger partial charge on any atom is -0.394 e. The minimum absolute atomic E-state index is 0.174. The monoisotopic (exact) mass is 542 g/mol. The lowest BCUT2D eigenvalue weighted by Gasteiger charge is -2.48. The normalized spacial score (nSPS) is 39.8. The van der Waals surface area contributed by atoms with E-state index in [1.54, 1.807) is 0 Å². The number of amides is 2. The van der Waals surface area contributed by atoms with Gasteiger partial charge < -0.3 is 55.3 Å². The van der Waals surface area contributed by atoms with Crippen molar-refractivity contribution in [3.8, 4) is 0 Å². The SMILES string of the molecule is O=C(NCCCl)N(CCC1CCCC1)C1O[C@H](CO)[C@@H](O[C@H]2O[C@H](CO)[C@@H](O)[C@H](O)[C@H]2O)[C@H](O)[C@H]1O. The highest BCUT2D eigenvalue weighted by Gasteiger charge is 2.52. The lowest BCUT2D eigenvalue weighted by Crippen LogP contribution is -2.67. The molecule has 3 fully saturated rings. The maximum Gasteiger partial charge on any atom is 0.319 e. The van der Waals surface area contributed by atoms with Crippen LogP contribution in [0.15, 0.2) is 0 Å². The molecule has 1 unspecified atom stereocenters. The van der Waals surface area contributed by atoms with E-state index in [4.69, 9.17) is 25.8 Å². The molecule has 0 aromatic heterocycles. The molecule has 2 aliphatic heterocycles. The zero-order valence-corrected chi connectivity index (χ0v) is 20.8. The molecule has 0 spiro atoms. The highest BCUT2D eigenvalue weighted by Crippen LogP contribution is 2.32. The smallest absolute Gasteiger partial charge is 0.319 e. The number of nitrogens with one attached hydrogen (secondary N) is 1. The lowest BCUT2D eigenvalue weighted by molar-refractivity contribution is -0.347. The molecule has 3 aliphatic rings. The molecule has 2 saturated heterocycles. The molecule has 1 aliphatic carbocycles. The maximum absolute atomic E-state index is 12.9. The van der Waals surface area contributed by atoms with Gasteiger partial charge in [-0.25, -0.2) is 4.79 Å². The summed E-state index contributed by atoms with van der Waals surface area (Å²) in [6, 6.07) is -0.546. The fraction of sp³-hybridized carbons (Fsp3) is 0.955. The van der Waals surface area contributed by atoms with Gasteiger partial charge in [0.2, 0.25) is 0 Å². The molecule has 36 heavy (non-hydrogen) atoms. The van der Waals surface area contributed by atoms with Crippen molar-refractivity contribution < 1.29 is 54.8 Å². The van der Waals surface area contributed by atoms with Crippen LogP contribution in [-0.4, -0.2) is 140 Å². The summed E-state index contributed by atoms with van der Waals surface area (Å²) < 4.78 is 16.7. The van der Waals surface area contributed by atoms with Gasteiger partial charge in [0.1, 0.15) is 48.8 Å². The minimum atomic E-state index is -1.76. The number of urea groups is 1. The summed E-state index contributed by atoms with van der Waals surface area (Å²) in [6.07, 6.45) is -10.3. The van der Waals surface area contributed by atoms with E-state index >= 15 is 0 Å². The van der Waals surface area contributed by atoms with Gasteiger partial charge in [0, 0.05) is 19.0 Å². The Morgan fingerprint density at radius 3 is 2.19 bits per heavy atom. The van der Waals surface area contributed by atoms with E-state index in [-0.39, 0.29) is 19.0 Å². The summed E-state index contributed by atoms with van der Waals surface area (Å²) in [6.45, 7) is -0.945. The van der Waals surface area contributed by atoms with Crippen molar-refractivity contribution in [1.82, 2.24) is 10.2 Å². The Morgan fingerprint density at radius 2 is 1.58 bits per heavy atom. The van der Waals surface area contributed by atoms with E-state index < -0.39 is 80.6 Å². The number of ether oxygens (including phenoxy) is 3. The summed E-state index contributed by atoms with van der Waals surface area (Å²) in [5.41, 5.74) is 0. The standard InChI is InChI=1S/C22H39ClN2O11/c23-6-7-24-22(33)25(8-5-11-3-1-2-4-11)20-17(31)16(30)19(13(10-27)34-20)36-21-18(32)15(29)14(28)12(9-26)35-21/h11-21,26-32H,1-10H2,(H,24,33)/t12-,13-,14-,15+,16-,17-,18-,19-,20?,21-/m1/s1. The Balaban J connectivity index is 1.74. The number of alkyl halides is 1. The molecule has 0 aromatic rings. The van der Waals surface area contributed by atoms with Crippen molar-refractivity contribution in [2.45, 2.75) is 93.5 Å². The van der Waals surface area contributed by atoms with Gasteiger partial charge in [0.05, 0.1) is 13.2 Å². The number of aliphatic hydroxyl groups excluding tert-OH is 7. The fourth-order valence-electron chi connectivity index (χ4n) is 5.05. The molecular weight excluding hydrogens is 504 g/mol. The average Bonchev–Trinajstić information content (AvgIpc) is 3.40. The second-order valence-corrected chi connectivity index (χ2v) is 9.96. The van der Waals surface area contributed by atoms with Crippen molar-refractivity contribution in [2.24, 2.45) is 5.92 Å². The Labute approximate surface area is 214 Å². The molecule has 14 heteroatoms. The Hall–Kier alpha value is -0.840. The van der Waals surface area contributed by atoms with Crippen LogP contribution >= 0.6 is 11.6 Å². The van der Waals surface area contributed by atoms with Gasteiger partial charge in [-0.3, -0.25) is 4.90 Å². The molecule has 10 atom stereocenters. The number of halogens is 1. The Morgan fingerprint density at radius 1 is 0.917 bits per heavy atom.